The summed E-state index contributed by atoms with van der Waals surface area (Å²) in [6.07, 6.45) is 6.28. The van der Waals surface area contributed by atoms with Gasteiger partial charge in [0.25, 0.3) is 0 Å². The van der Waals surface area contributed by atoms with Crippen molar-refractivity contribution in [3.05, 3.63) is 30.2 Å². The van der Waals surface area contributed by atoms with Crippen LogP contribution >= 0.6 is 24.0 Å². The van der Waals surface area contributed by atoms with Crippen LogP contribution in [0.25, 0.3) is 5.65 Å². The molecule has 0 unspecified atom stereocenters. The highest BCUT2D eigenvalue weighted by molar-refractivity contribution is 14.0. The van der Waals surface area contributed by atoms with E-state index in [1.807, 2.05) is 28.8 Å². The number of halogens is 1. The number of nitrogens with one attached hydrogen (secondary N) is 2. The second-order valence-electron chi connectivity index (χ2n) is 6.21. The molecule has 7 nitrogen and oxygen atoms in total. The molecule has 1 fully saturated rings. The van der Waals surface area contributed by atoms with Crippen molar-refractivity contribution < 1.29 is 5.11 Å². The summed E-state index contributed by atoms with van der Waals surface area (Å²) in [6, 6.07) is 6.27. The predicted molar refractivity (Wildman–Crippen MR) is 109 cm³/mol. The van der Waals surface area contributed by atoms with Crippen molar-refractivity contribution in [1.82, 2.24) is 25.2 Å². The molecule has 1 aliphatic carbocycles. The van der Waals surface area contributed by atoms with E-state index in [1.54, 1.807) is 0 Å². The molecule has 0 bridgehead atoms. The topological polar surface area (TPSA) is 86.8 Å². The Balaban J connectivity index is 0.00000225. The van der Waals surface area contributed by atoms with Crippen LogP contribution in [0.4, 0.5) is 0 Å². The van der Waals surface area contributed by atoms with Gasteiger partial charge >= 0.3 is 0 Å². The summed E-state index contributed by atoms with van der Waals surface area (Å²) in [5, 5.41) is 24.8. The van der Waals surface area contributed by atoms with E-state index in [0.29, 0.717) is 12.6 Å². The van der Waals surface area contributed by atoms with Crippen LogP contribution in [0.2, 0.25) is 0 Å². The molecule has 0 spiro atoms. The zero-order valence-corrected chi connectivity index (χ0v) is 16.9. The van der Waals surface area contributed by atoms with Crippen molar-refractivity contribution in [2.75, 3.05) is 13.1 Å². The SMILES string of the molecule is CCNC(=NCCc1nnc2ccccn12)NC1CCC(O)CC1.I. The number of pyridine rings is 1. The highest BCUT2D eigenvalue weighted by atomic mass is 127. The summed E-state index contributed by atoms with van der Waals surface area (Å²) in [5.41, 5.74) is 0.863. The van der Waals surface area contributed by atoms with Gasteiger partial charge in [0.05, 0.1) is 6.10 Å². The van der Waals surface area contributed by atoms with Gasteiger partial charge < -0.3 is 15.7 Å². The molecule has 2 aromatic rings. The zero-order chi connectivity index (χ0) is 16.8. The number of hydrogen-bond acceptors (Lipinski definition) is 4. The molecule has 25 heavy (non-hydrogen) atoms. The highest BCUT2D eigenvalue weighted by Crippen LogP contribution is 2.18. The molecule has 2 aromatic heterocycles. The molecule has 0 amide bonds. The number of aromatic nitrogens is 3. The van der Waals surface area contributed by atoms with Gasteiger partial charge in [0.15, 0.2) is 11.6 Å². The Labute approximate surface area is 165 Å². The third-order valence-electron chi connectivity index (χ3n) is 4.37. The summed E-state index contributed by atoms with van der Waals surface area (Å²) in [5.74, 6) is 1.76. The van der Waals surface area contributed by atoms with E-state index in [1.165, 1.54) is 0 Å². The minimum absolute atomic E-state index is 0. The number of aliphatic imine (C=N–C) groups is 1. The molecule has 0 aromatic carbocycles. The van der Waals surface area contributed by atoms with Gasteiger partial charge in [-0.2, -0.15) is 0 Å². The molecule has 0 radical (unpaired) electrons. The van der Waals surface area contributed by atoms with Crippen molar-refractivity contribution in [2.45, 2.75) is 51.2 Å². The third kappa shape index (κ3) is 5.53. The molecule has 3 rings (SSSR count). The lowest BCUT2D eigenvalue weighted by Gasteiger charge is -2.27. The largest absolute Gasteiger partial charge is 0.393 e. The molecule has 8 heteroatoms. The molecule has 3 N–H and O–H groups in total. The first-order valence-corrected chi connectivity index (χ1v) is 8.78. The van der Waals surface area contributed by atoms with Crippen molar-refractivity contribution in [3.8, 4) is 0 Å². The van der Waals surface area contributed by atoms with E-state index < -0.39 is 0 Å². The lowest BCUT2D eigenvalue weighted by Crippen LogP contribution is -2.45. The summed E-state index contributed by atoms with van der Waals surface area (Å²) >= 11 is 0. The van der Waals surface area contributed by atoms with Gasteiger partial charge in [0.1, 0.15) is 5.82 Å². The normalized spacial score (nSPS) is 21.0. The van der Waals surface area contributed by atoms with Crippen LogP contribution < -0.4 is 10.6 Å². The maximum Gasteiger partial charge on any atom is 0.191 e. The Hall–Kier alpha value is -1.42. The maximum atomic E-state index is 9.61. The summed E-state index contributed by atoms with van der Waals surface area (Å²) in [7, 11) is 0. The lowest BCUT2D eigenvalue weighted by atomic mass is 9.93. The molecule has 0 saturated heterocycles. The molecular weight excluding hydrogens is 431 g/mol. The van der Waals surface area contributed by atoms with Crippen LogP contribution in [-0.4, -0.2) is 50.9 Å². The molecule has 0 atom stereocenters. The monoisotopic (exact) mass is 458 g/mol. The minimum atomic E-state index is -0.135. The fourth-order valence-electron chi connectivity index (χ4n) is 3.06. The van der Waals surface area contributed by atoms with Gasteiger partial charge in [-0.3, -0.25) is 9.39 Å². The van der Waals surface area contributed by atoms with Gasteiger partial charge in [0, 0.05) is 31.7 Å². The number of aliphatic hydroxyl groups is 1. The van der Waals surface area contributed by atoms with Gasteiger partial charge in [-0.1, -0.05) is 6.07 Å². The number of aliphatic hydroxyl groups excluding tert-OH is 1. The van der Waals surface area contributed by atoms with E-state index >= 15 is 0 Å². The van der Waals surface area contributed by atoms with Gasteiger partial charge in [-0.25, -0.2) is 0 Å². The standard InChI is InChI=1S/C17H26N6O.HI/c1-2-18-17(20-13-6-8-14(24)9-7-13)19-11-10-16-22-21-15-5-3-4-12-23(15)16;/h3-5,12-14,24H,2,6-11H2,1H3,(H2,18,19,20);1H. The number of hydrogen-bond donors (Lipinski definition) is 3. The quantitative estimate of drug-likeness (QED) is 0.361. The molecule has 138 valence electrons. The zero-order valence-electron chi connectivity index (χ0n) is 14.6. The van der Waals surface area contributed by atoms with Crippen LogP contribution in [0, 0.1) is 0 Å². The molecule has 1 saturated carbocycles. The second-order valence-corrected chi connectivity index (χ2v) is 6.21. The molecule has 1 aliphatic rings. The molecule has 2 heterocycles. The molecular formula is C17H27IN6O. The van der Waals surface area contributed by atoms with Crippen molar-refractivity contribution in [3.63, 3.8) is 0 Å². The summed E-state index contributed by atoms with van der Waals surface area (Å²) < 4.78 is 2.00. The maximum absolute atomic E-state index is 9.61. The Morgan fingerprint density at radius 1 is 1.28 bits per heavy atom. The van der Waals surface area contributed by atoms with Crippen LogP contribution in [0.3, 0.4) is 0 Å². The Morgan fingerprint density at radius 2 is 2.08 bits per heavy atom. The van der Waals surface area contributed by atoms with E-state index in [4.69, 9.17) is 0 Å². The third-order valence-corrected chi connectivity index (χ3v) is 4.37. The van der Waals surface area contributed by atoms with Crippen LogP contribution in [0.1, 0.15) is 38.4 Å². The Bertz CT molecular complexity index is 681. The average molecular weight is 458 g/mol. The number of rotatable bonds is 5. The van der Waals surface area contributed by atoms with Crippen molar-refractivity contribution in [1.29, 1.82) is 0 Å². The smallest absolute Gasteiger partial charge is 0.191 e. The van der Waals surface area contributed by atoms with Gasteiger partial charge in [0.2, 0.25) is 0 Å². The fraction of sp³-hybridized carbons (Fsp3) is 0.588. The average Bonchev–Trinajstić information content (AvgIpc) is 3.00. The minimum Gasteiger partial charge on any atom is -0.393 e. The number of nitrogens with zero attached hydrogens (tertiary/aromatic N) is 4. The van der Waals surface area contributed by atoms with Crippen molar-refractivity contribution in [2.24, 2.45) is 4.99 Å². The molecule has 0 aliphatic heterocycles. The lowest BCUT2D eigenvalue weighted by molar-refractivity contribution is 0.120. The van der Waals surface area contributed by atoms with Crippen LogP contribution in [0.15, 0.2) is 29.4 Å². The first kappa shape index (κ1) is 19.9. The van der Waals surface area contributed by atoms with Crippen LogP contribution in [-0.2, 0) is 6.42 Å². The van der Waals surface area contributed by atoms with E-state index in [2.05, 4.69) is 32.7 Å². The number of fused-ring (bicyclic) bond motifs is 1. The highest BCUT2D eigenvalue weighted by Gasteiger charge is 2.19. The fourth-order valence-corrected chi connectivity index (χ4v) is 3.06. The first-order chi connectivity index (χ1) is 11.8. The van der Waals surface area contributed by atoms with Gasteiger partial charge in [-0.05, 0) is 44.7 Å². The van der Waals surface area contributed by atoms with Crippen LogP contribution in [0.5, 0.6) is 0 Å². The second kappa shape index (κ2) is 9.91. The van der Waals surface area contributed by atoms with Gasteiger partial charge in [-0.15, -0.1) is 34.2 Å². The van der Waals surface area contributed by atoms with E-state index in [-0.39, 0.29) is 30.1 Å². The summed E-state index contributed by atoms with van der Waals surface area (Å²) in [6.45, 7) is 3.54. The summed E-state index contributed by atoms with van der Waals surface area (Å²) in [4.78, 5) is 4.66. The Kier molecular flexibility index (Phi) is 7.89. The van der Waals surface area contributed by atoms with E-state index in [0.717, 1.165) is 56.1 Å². The Morgan fingerprint density at radius 3 is 2.84 bits per heavy atom. The number of guanidine groups is 1. The van der Waals surface area contributed by atoms with Crippen molar-refractivity contribution >= 4 is 35.6 Å². The van der Waals surface area contributed by atoms with E-state index in [9.17, 15) is 5.11 Å². The predicted octanol–water partition coefficient (Wildman–Crippen LogP) is 1.75. The first-order valence-electron chi connectivity index (χ1n) is 8.78.